The highest BCUT2D eigenvalue weighted by Gasteiger charge is 2.37. The number of aliphatic hydroxyl groups is 1. The van der Waals surface area contributed by atoms with Crippen molar-refractivity contribution in [3.05, 3.63) is 0 Å². The molecule has 1 rings (SSSR count). The number of hydrogen-bond acceptors (Lipinski definition) is 7. The maximum absolute atomic E-state index is 12.4. The summed E-state index contributed by atoms with van der Waals surface area (Å²) in [7, 11) is 0. The van der Waals surface area contributed by atoms with E-state index in [1.54, 1.807) is 0 Å². The Labute approximate surface area is 174 Å². The molecule has 0 aromatic carbocycles. The SMILES string of the molecule is CC(O)C(N)C(=O)N1CCCC1C(=O)NCC(=O)NC(CCCN=C(N)N)C(=O)O. The van der Waals surface area contributed by atoms with Crippen molar-refractivity contribution < 1.29 is 29.4 Å². The van der Waals surface area contributed by atoms with Gasteiger partial charge in [0.25, 0.3) is 0 Å². The molecule has 4 unspecified atom stereocenters. The fourth-order valence-corrected chi connectivity index (χ4v) is 2.99. The average molecular weight is 429 g/mol. The molecular formula is C17H31N7O6. The molecule has 0 aromatic heterocycles. The summed E-state index contributed by atoms with van der Waals surface area (Å²) in [5, 5.41) is 23.4. The first-order valence-corrected chi connectivity index (χ1v) is 9.64. The van der Waals surface area contributed by atoms with Gasteiger partial charge in [0.15, 0.2) is 5.96 Å². The lowest BCUT2D eigenvalue weighted by Crippen LogP contribution is -2.55. The summed E-state index contributed by atoms with van der Waals surface area (Å²) >= 11 is 0. The van der Waals surface area contributed by atoms with Crippen LogP contribution in [0, 0.1) is 0 Å². The number of carboxylic acid groups (broad SMARTS) is 1. The van der Waals surface area contributed by atoms with Gasteiger partial charge in [-0.25, -0.2) is 4.79 Å². The van der Waals surface area contributed by atoms with Crippen LogP contribution >= 0.6 is 0 Å². The molecule has 1 heterocycles. The molecule has 1 fully saturated rings. The second-order valence-corrected chi connectivity index (χ2v) is 7.08. The smallest absolute Gasteiger partial charge is 0.326 e. The first-order chi connectivity index (χ1) is 14.0. The minimum atomic E-state index is -1.22. The number of likely N-dealkylation sites (tertiary alicyclic amines) is 1. The lowest BCUT2D eigenvalue weighted by molar-refractivity contribution is -0.142. The maximum Gasteiger partial charge on any atom is 0.326 e. The molecule has 3 amide bonds. The summed E-state index contributed by atoms with van der Waals surface area (Å²) in [5.74, 6) is -3.11. The molecule has 0 spiro atoms. The zero-order chi connectivity index (χ0) is 22.8. The minimum Gasteiger partial charge on any atom is -0.480 e. The molecule has 1 aliphatic heterocycles. The summed E-state index contributed by atoms with van der Waals surface area (Å²) in [5.41, 5.74) is 16.0. The van der Waals surface area contributed by atoms with Crippen molar-refractivity contribution in [3.8, 4) is 0 Å². The molecule has 0 saturated carbocycles. The molecule has 170 valence electrons. The Morgan fingerprint density at radius 3 is 2.50 bits per heavy atom. The highest BCUT2D eigenvalue weighted by atomic mass is 16.4. The first kappa shape index (κ1) is 25.1. The monoisotopic (exact) mass is 429 g/mol. The highest BCUT2D eigenvalue weighted by molar-refractivity contribution is 5.93. The number of hydrogen-bond donors (Lipinski definition) is 7. The van der Waals surface area contributed by atoms with Crippen LogP contribution in [-0.4, -0.2) is 88.6 Å². The maximum atomic E-state index is 12.4. The van der Waals surface area contributed by atoms with E-state index in [-0.39, 0.29) is 18.9 Å². The summed E-state index contributed by atoms with van der Waals surface area (Å²) < 4.78 is 0. The predicted octanol–water partition coefficient (Wildman–Crippen LogP) is -3.58. The number of rotatable bonds is 11. The topological polar surface area (TPSA) is 226 Å². The van der Waals surface area contributed by atoms with Crippen molar-refractivity contribution in [1.29, 1.82) is 0 Å². The fourth-order valence-electron chi connectivity index (χ4n) is 2.99. The molecule has 4 atom stereocenters. The Balaban J connectivity index is 2.53. The van der Waals surface area contributed by atoms with Crippen LogP contribution in [0.25, 0.3) is 0 Å². The van der Waals surface area contributed by atoms with E-state index in [9.17, 15) is 29.4 Å². The number of aliphatic imine (C=N–C) groups is 1. The van der Waals surface area contributed by atoms with E-state index in [4.69, 9.17) is 17.2 Å². The fraction of sp³-hybridized carbons (Fsp3) is 0.706. The van der Waals surface area contributed by atoms with E-state index in [0.29, 0.717) is 25.8 Å². The van der Waals surface area contributed by atoms with Crippen LogP contribution in [0.5, 0.6) is 0 Å². The molecule has 1 aliphatic rings. The van der Waals surface area contributed by atoms with E-state index < -0.39 is 54.5 Å². The number of aliphatic hydroxyl groups excluding tert-OH is 1. The molecule has 0 radical (unpaired) electrons. The summed E-state index contributed by atoms with van der Waals surface area (Å²) in [6, 6.07) is -3.10. The number of amides is 3. The van der Waals surface area contributed by atoms with Gasteiger partial charge in [-0.1, -0.05) is 0 Å². The van der Waals surface area contributed by atoms with Crippen molar-refractivity contribution in [2.75, 3.05) is 19.6 Å². The van der Waals surface area contributed by atoms with Crippen LogP contribution in [0.3, 0.4) is 0 Å². The number of aliphatic carboxylic acids is 1. The number of carbonyl (C=O) groups excluding carboxylic acids is 3. The minimum absolute atomic E-state index is 0.105. The zero-order valence-corrected chi connectivity index (χ0v) is 16.9. The summed E-state index contributed by atoms with van der Waals surface area (Å²) in [4.78, 5) is 53.1. The molecule has 10 N–H and O–H groups in total. The lowest BCUT2D eigenvalue weighted by atomic mass is 10.1. The molecule has 13 heteroatoms. The van der Waals surface area contributed by atoms with Gasteiger partial charge in [0.05, 0.1) is 12.6 Å². The summed E-state index contributed by atoms with van der Waals surface area (Å²) in [6.45, 7) is 1.48. The van der Waals surface area contributed by atoms with Gasteiger partial charge in [0.1, 0.15) is 18.1 Å². The molecule has 30 heavy (non-hydrogen) atoms. The first-order valence-electron chi connectivity index (χ1n) is 9.64. The standard InChI is InChI=1S/C17H31N7O6/c1-9(25)13(18)15(28)24-7-3-5-11(24)14(27)22-8-12(26)23-10(16(29)30)4-2-6-21-17(19)20/h9-11,13,25H,2-8,18H2,1H3,(H,22,27)(H,23,26)(H,29,30)(H4,19,20,21). The van der Waals surface area contributed by atoms with E-state index in [1.807, 2.05) is 0 Å². The van der Waals surface area contributed by atoms with Crippen LogP contribution in [0.15, 0.2) is 4.99 Å². The van der Waals surface area contributed by atoms with Crippen molar-refractivity contribution in [2.24, 2.45) is 22.2 Å². The largest absolute Gasteiger partial charge is 0.480 e. The van der Waals surface area contributed by atoms with E-state index in [0.717, 1.165) is 0 Å². The van der Waals surface area contributed by atoms with Crippen LogP contribution in [-0.2, 0) is 19.2 Å². The van der Waals surface area contributed by atoms with Crippen molar-refractivity contribution in [1.82, 2.24) is 15.5 Å². The van der Waals surface area contributed by atoms with E-state index in [1.165, 1.54) is 11.8 Å². The Morgan fingerprint density at radius 2 is 1.93 bits per heavy atom. The van der Waals surface area contributed by atoms with Gasteiger partial charge in [-0.15, -0.1) is 0 Å². The van der Waals surface area contributed by atoms with E-state index >= 15 is 0 Å². The number of nitrogens with zero attached hydrogens (tertiary/aromatic N) is 2. The Bertz CT molecular complexity index is 665. The second-order valence-electron chi connectivity index (χ2n) is 7.08. The van der Waals surface area contributed by atoms with Crippen LogP contribution < -0.4 is 27.8 Å². The van der Waals surface area contributed by atoms with Crippen molar-refractivity contribution in [3.63, 3.8) is 0 Å². The Kier molecular flexibility index (Phi) is 9.98. The lowest BCUT2D eigenvalue weighted by Gasteiger charge is -2.27. The van der Waals surface area contributed by atoms with Gasteiger partial charge in [0, 0.05) is 13.1 Å². The molecule has 0 aromatic rings. The highest BCUT2D eigenvalue weighted by Crippen LogP contribution is 2.18. The third-order valence-electron chi connectivity index (χ3n) is 4.65. The molecule has 13 nitrogen and oxygen atoms in total. The predicted molar refractivity (Wildman–Crippen MR) is 107 cm³/mol. The zero-order valence-electron chi connectivity index (χ0n) is 16.9. The number of carbonyl (C=O) groups is 4. The van der Waals surface area contributed by atoms with Gasteiger partial charge >= 0.3 is 5.97 Å². The van der Waals surface area contributed by atoms with Gasteiger partial charge in [-0.2, -0.15) is 0 Å². The number of nitrogens with one attached hydrogen (secondary N) is 2. The van der Waals surface area contributed by atoms with Crippen LogP contribution in [0.2, 0.25) is 0 Å². The van der Waals surface area contributed by atoms with Crippen molar-refractivity contribution in [2.45, 2.75) is 56.8 Å². The third kappa shape index (κ3) is 7.83. The Hall–Kier alpha value is -2.93. The molecular weight excluding hydrogens is 398 g/mol. The van der Waals surface area contributed by atoms with Crippen LogP contribution in [0.1, 0.15) is 32.6 Å². The van der Waals surface area contributed by atoms with Gasteiger partial charge < -0.3 is 42.9 Å². The normalized spacial score (nSPS) is 18.8. The van der Waals surface area contributed by atoms with Gasteiger partial charge in [0.2, 0.25) is 17.7 Å². The number of carboxylic acids is 1. The second kappa shape index (κ2) is 11.9. The van der Waals surface area contributed by atoms with Gasteiger partial charge in [-0.05, 0) is 32.6 Å². The molecule has 0 aliphatic carbocycles. The third-order valence-corrected chi connectivity index (χ3v) is 4.65. The number of nitrogens with two attached hydrogens (primary N) is 3. The van der Waals surface area contributed by atoms with Gasteiger partial charge in [-0.3, -0.25) is 19.4 Å². The Morgan fingerprint density at radius 1 is 1.27 bits per heavy atom. The average Bonchev–Trinajstić information content (AvgIpc) is 3.16. The quantitative estimate of drug-likeness (QED) is 0.0977. The number of guanidine groups is 1. The van der Waals surface area contributed by atoms with E-state index in [2.05, 4.69) is 15.6 Å². The molecule has 1 saturated heterocycles. The summed E-state index contributed by atoms with van der Waals surface area (Å²) in [6.07, 6.45) is 0.360. The van der Waals surface area contributed by atoms with Crippen molar-refractivity contribution >= 4 is 29.7 Å². The van der Waals surface area contributed by atoms with Crippen LogP contribution in [0.4, 0.5) is 0 Å². The molecule has 0 bridgehead atoms.